The number of ether oxygens (including phenoxy) is 1. The Balaban J connectivity index is 3.19. The molecule has 0 saturated heterocycles. The minimum Gasteiger partial charge on any atom is -0.436 e. The first-order valence-electron chi connectivity index (χ1n) is 8.69. The summed E-state index contributed by atoms with van der Waals surface area (Å²) in [6.07, 6.45) is 13.0. The Morgan fingerprint density at radius 1 is 0.905 bits per heavy atom. The lowest BCUT2D eigenvalue weighted by Gasteiger charge is -2.10. The number of aliphatic hydroxyl groups excluding tert-OH is 2. The summed E-state index contributed by atoms with van der Waals surface area (Å²) < 4.78 is 4.74. The molecule has 1 unspecified atom stereocenters. The number of carbonyl (C=O) groups excluding carboxylic acids is 1. The van der Waals surface area contributed by atoms with Crippen LogP contribution in [0, 0.1) is 0 Å². The lowest BCUT2D eigenvalue weighted by Crippen LogP contribution is -2.18. The van der Waals surface area contributed by atoms with E-state index in [0.29, 0.717) is 6.42 Å². The van der Waals surface area contributed by atoms with E-state index in [1.807, 2.05) is 0 Å². The Bertz CT molecular complexity index is 231. The lowest BCUT2D eigenvalue weighted by molar-refractivity contribution is -0.169. The van der Waals surface area contributed by atoms with Crippen molar-refractivity contribution in [1.29, 1.82) is 0 Å². The van der Waals surface area contributed by atoms with Crippen LogP contribution in [0.15, 0.2) is 0 Å². The molecule has 126 valence electrons. The number of rotatable bonds is 15. The van der Waals surface area contributed by atoms with Crippen LogP contribution < -0.4 is 0 Å². The van der Waals surface area contributed by atoms with Crippen molar-refractivity contribution in [1.82, 2.24) is 0 Å². The maximum absolute atomic E-state index is 11.3. The van der Waals surface area contributed by atoms with Gasteiger partial charge in [-0.15, -0.1) is 0 Å². The molecule has 0 aromatic carbocycles. The van der Waals surface area contributed by atoms with E-state index in [0.717, 1.165) is 12.8 Å². The third-order valence-corrected chi connectivity index (χ3v) is 3.63. The first kappa shape index (κ1) is 20.4. The van der Waals surface area contributed by atoms with Gasteiger partial charge in [-0.25, -0.2) is 0 Å². The molecule has 0 heterocycles. The quantitative estimate of drug-likeness (QED) is 0.273. The highest BCUT2D eigenvalue weighted by Crippen LogP contribution is 2.12. The number of hydrogen-bond acceptors (Lipinski definition) is 4. The number of esters is 1. The minimum absolute atomic E-state index is 0.0873. The summed E-state index contributed by atoms with van der Waals surface area (Å²) in [7, 11) is 0. The number of aliphatic hydroxyl groups is 2. The highest BCUT2D eigenvalue weighted by Gasteiger charge is 2.09. The summed E-state index contributed by atoms with van der Waals surface area (Å²) in [5, 5.41) is 17.8. The molecule has 0 rings (SSSR count). The van der Waals surface area contributed by atoms with Gasteiger partial charge >= 0.3 is 5.97 Å². The third-order valence-electron chi connectivity index (χ3n) is 3.63. The fourth-order valence-electron chi connectivity index (χ4n) is 2.31. The molecule has 1 atom stereocenters. The molecule has 4 nitrogen and oxygen atoms in total. The van der Waals surface area contributed by atoms with Crippen LogP contribution in [-0.4, -0.2) is 29.1 Å². The van der Waals surface area contributed by atoms with Crippen LogP contribution >= 0.6 is 0 Å². The van der Waals surface area contributed by atoms with Crippen LogP contribution in [0.2, 0.25) is 0 Å². The third kappa shape index (κ3) is 15.6. The molecular formula is C17H34O4. The van der Waals surface area contributed by atoms with Gasteiger partial charge in [-0.1, -0.05) is 71.1 Å². The molecule has 0 spiro atoms. The standard InChI is InChI=1S/C17H34O4/c1-2-3-4-5-6-7-8-9-10-11-12-13-16(19)21-17(20)14-15-18/h17-18,20H,2-15H2,1H3. The van der Waals surface area contributed by atoms with Crippen LogP contribution in [0.1, 0.15) is 90.4 Å². The molecule has 0 aliphatic rings. The van der Waals surface area contributed by atoms with E-state index in [-0.39, 0.29) is 19.0 Å². The molecule has 0 amide bonds. The number of unbranched alkanes of at least 4 members (excludes halogenated alkanes) is 10. The SMILES string of the molecule is CCCCCCCCCCCCCC(=O)OC(O)CCO. The van der Waals surface area contributed by atoms with Crippen molar-refractivity contribution in [3.63, 3.8) is 0 Å². The van der Waals surface area contributed by atoms with E-state index < -0.39 is 6.29 Å². The zero-order valence-corrected chi connectivity index (χ0v) is 13.7. The van der Waals surface area contributed by atoms with Gasteiger partial charge in [0, 0.05) is 19.4 Å². The van der Waals surface area contributed by atoms with E-state index >= 15 is 0 Å². The summed E-state index contributed by atoms with van der Waals surface area (Å²) in [5.41, 5.74) is 0. The van der Waals surface area contributed by atoms with Crippen molar-refractivity contribution < 1.29 is 19.7 Å². The second-order valence-electron chi connectivity index (χ2n) is 5.74. The van der Waals surface area contributed by atoms with Gasteiger partial charge < -0.3 is 14.9 Å². The second-order valence-corrected chi connectivity index (χ2v) is 5.74. The monoisotopic (exact) mass is 302 g/mol. The van der Waals surface area contributed by atoms with Gasteiger partial charge in [0.15, 0.2) is 0 Å². The normalized spacial score (nSPS) is 12.3. The van der Waals surface area contributed by atoms with Gasteiger partial charge in [-0.3, -0.25) is 4.79 Å². The summed E-state index contributed by atoms with van der Waals surface area (Å²) in [6, 6.07) is 0. The van der Waals surface area contributed by atoms with Crippen molar-refractivity contribution in [2.45, 2.75) is 96.7 Å². The average Bonchev–Trinajstić information content (AvgIpc) is 2.45. The molecular weight excluding hydrogens is 268 g/mol. The molecule has 0 aromatic rings. The Kier molecular flexibility index (Phi) is 15.3. The van der Waals surface area contributed by atoms with Crippen LogP contribution in [0.25, 0.3) is 0 Å². The molecule has 0 fully saturated rings. The van der Waals surface area contributed by atoms with Crippen LogP contribution in [0.5, 0.6) is 0 Å². The topological polar surface area (TPSA) is 66.8 Å². The zero-order valence-electron chi connectivity index (χ0n) is 13.7. The van der Waals surface area contributed by atoms with Crippen molar-refractivity contribution in [2.24, 2.45) is 0 Å². The van der Waals surface area contributed by atoms with Crippen LogP contribution in [0.4, 0.5) is 0 Å². The summed E-state index contributed by atoms with van der Waals surface area (Å²) >= 11 is 0. The van der Waals surface area contributed by atoms with E-state index in [2.05, 4.69) is 6.92 Å². The molecule has 0 aliphatic carbocycles. The Hall–Kier alpha value is -0.610. The Morgan fingerprint density at radius 2 is 1.38 bits per heavy atom. The van der Waals surface area contributed by atoms with Gasteiger partial charge in [0.25, 0.3) is 0 Å². The smallest absolute Gasteiger partial charge is 0.308 e. The molecule has 4 heteroatoms. The zero-order chi connectivity index (χ0) is 15.8. The summed E-state index contributed by atoms with van der Waals surface area (Å²) in [6.45, 7) is 2.07. The number of hydrogen-bond donors (Lipinski definition) is 2. The second kappa shape index (κ2) is 15.8. The first-order valence-corrected chi connectivity index (χ1v) is 8.69. The van der Waals surface area contributed by atoms with Crippen LogP contribution in [-0.2, 0) is 9.53 Å². The predicted octanol–water partition coefficient (Wildman–Crippen LogP) is 3.93. The number of carbonyl (C=O) groups is 1. The largest absolute Gasteiger partial charge is 0.436 e. The molecule has 0 aliphatic heterocycles. The van der Waals surface area contributed by atoms with Crippen molar-refractivity contribution in [3.8, 4) is 0 Å². The fourth-order valence-corrected chi connectivity index (χ4v) is 2.31. The van der Waals surface area contributed by atoms with Gasteiger partial charge in [0.2, 0.25) is 6.29 Å². The lowest BCUT2D eigenvalue weighted by atomic mass is 10.1. The van der Waals surface area contributed by atoms with Gasteiger partial charge in [-0.2, -0.15) is 0 Å². The maximum Gasteiger partial charge on any atom is 0.308 e. The van der Waals surface area contributed by atoms with E-state index in [1.165, 1.54) is 57.8 Å². The van der Waals surface area contributed by atoms with Gasteiger partial charge in [-0.05, 0) is 6.42 Å². The molecule has 0 bridgehead atoms. The van der Waals surface area contributed by atoms with Crippen LogP contribution in [0.3, 0.4) is 0 Å². The molecule has 0 radical (unpaired) electrons. The fraction of sp³-hybridized carbons (Fsp3) is 0.941. The van der Waals surface area contributed by atoms with E-state index in [1.54, 1.807) is 0 Å². The Labute approximate surface area is 129 Å². The minimum atomic E-state index is -1.16. The highest BCUT2D eigenvalue weighted by atomic mass is 16.6. The highest BCUT2D eigenvalue weighted by molar-refractivity contribution is 5.69. The molecule has 0 saturated carbocycles. The maximum atomic E-state index is 11.3. The summed E-state index contributed by atoms with van der Waals surface area (Å²) in [5.74, 6) is -0.369. The Morgan fingerprint density at radius 3 is 1.86 bits per heavy atom. The summed E-state index contributed by atoms with van der Waals surface area (Å²) in [4.78, 5) is 11.3. The predicted molar refractivity (Wildman–Crippen MR) is 84.9 cm³/mol. The van der Waals surface area contributed by atoms with Crippen molar-refractivity contribution in [2.75, 3.05) is 6.61 Å². The van der Waals surface area contributed by atoms with Crippen molar-refractivity contribution in [3.05, 3.63) is 0 Å². The van der Waals surface area contributed by atoms with Gasteiger partial charge in [0.05, 0.1) is 0 Å². The van der Waals surface area contributed by atoms with Gasteiger partial charge in [0.1, 0.15) is 0 Å². The van der Waals surface area contributed by atoms with Crippen molar-refractivity contribution >= 4 is 5.97 Å². The average molecular weight is 302 g/mol. The molecule has 2 N–H and O–H groups in total. The molecule has 0 aromatic heterocycles. The molecule has 21 heavy (non-hydrogen) atoms. The van der Waals surface area contributed by atoms with E-state index in [9.17, 15) is 9.90 Å². The first-order chi connectivity index (χ1) is 10.2. The van der Waals surface area contributed by atoms with E-state index in [4.69, 9.17) is 9.84 Å².